The minimum absolute atomic E-state index is 0.0739. The van der Waals surface area contributed by atoms with Crippen molar-refractivity contribution in [3.63, 3.8) is 0 Å². The fourth-order valence-corrected chi connectivity index (χ4v) is 3.85. The molecule has 1 aromatic carbocycles. The number of pyridine rings is 1. The van der Waals surface area contributed by atoms with Gasteiger partial charge in [0.25, 0.3) is 0 Å². The molecule has 27 heavy (non-hydrogen) atoms. The number of aryl methyl sites for hydroxylation is 1. The van der Waals surface area contributed by atoms with E-state index < -0.39 is 10.0 Å². The predicted octanol–water partition coefficient (Wildman–Crippen LogP) is 2.76. The molecule has 0 unspecified atom stereocenters. The van der Waals surface area contributed by atoms with Crippen molar-refractivity contribution >= 4 is 15.7 Å². The molecule has 0 saturated heterocycles. The van der Waals surface area contributed by atoms with Crippen LogP contribution >= 0.6 is 0 Å². The van der Waals surface area contributed by atoms with Crippen LogP contribution in [0.4, 0.5) is 0 Å². The summed E-state index contributed by atoms with van der Waals surface area (Å²) in [4.78, 5) is 4.62. The summed E-state index contributed by atoms with van der Waals surface area (Å²) < 4.78 is 26.7. The van der Waals surface area contributed by atoms with Crippen LogP contribution in [-0.4, -0.2) is 27.5 Å². The van der Waals surface area contributed by atoms with Crippen LogP contribution in [-0.2, 0) is 10.0 Å². The first kappa shape index (κ1) is 17.3. The number of nitrogens with two attached hydrogens (primary N) is 1. The Hall–Kier alpha value is -3.10. The first-order valence-corrected chi connectivity index (χ1v) is 9.79. The van der Waals surface area contributed by atoms with Crippen molar-refractivity contribution in [1.29, 1.82) is 0 Å². The van der Waals surface area contributed by atoms with Crippen molar-refractivity contribution < 1.29 is 13.5 Å². The van der Waals surface area contributed by atoms with E-state index in [9.17, 15) is 13.5 Å². The molecule has 3 heterocycles. The van der Waals surface area contributed by atoms with E-state index in [4.69, 9.17) is 5.14 Å². The van der Waals surface area contributed by atoms with Crippen LogP contribution in [0.5, 0.6) is 5.75 Å². The second-order valence-electron chi connectivity index (χ2n) is 6.41. The topological polar surface area (TPSA) is 103 Å². The third-order valence-electron chi connectivity index (χ3n) is 4.59. The lowest BCUT2D eigenvalue weighted by Crippen LogP contribution is -2.12. The Morgan fingerprint density at radius 2 is 1.81 bits per heavy atom. The average molecular weight is 382 g/mol. The molecular weight excluding hydrogens is 364 g/mol. The molecule has 3 N–H and O–H groups in total. The van der Waals surface area contributed by atoms with Gasteiger partial charge in [-0.2, -0.15) is 0 Å². The summed E-state index contributed by atoms with van der Waals surface area (Å²) >= 11 is 0. The van der Waals surface area contributed by atoms with Gasteiger partial charge >= 0.3 is 0 Å². The molecule has 4 rings (SSSR count). The van der Waals surface area contributed by atoms with Crippen LogP contribution in [0.15, 0.2) is 59.8 Å². The number of hydrogen-bond acceptors (Lipinski definition) is 4. The number of aromatic hydroxyl groups is 1. The molecule has 3 aromatic heterocycles. The Kier molecular flexibility index (Phi) is 3.83. The minimum atomic E-state index is -3.72. The number of primary sulfonamides is 1. The first-order chi connectivity index (χ1) is 12.8. The molecule has 0 aliphatic carbocycles. The van der Waals surface area contributed by atoms with Crippen LogP contribution in [0.2, 0.25) is 0 Å². The Labute approximate surface area is 156 Å². The number of nitrogens with zero attached hydrogens (tertiary/aromatic N) is 3. The maximum atomic E-state index is 11.5. The van der Waals surface area contributed by atoms with E-state index >= 15 is 0 Å². The highest BCUT2D eigenvalue weighted by molar-refractivity contribution is 7.89. The van der Waals surface area contributed by atoms with Crippen LogP contribution < -0.4 is 5.14 Å². The summed E-state index contributed by atoms with van der Waals surface area (Å²) in [5.74, 6) is 0.121. The molecule has 0 atom stereocenters. The highest BCUT2D eigenvalue weighted by Gasteiger charge is 2.16. The highest BCUT2D eigenvalue weighted by atomic mass is 32.2. The molecule has 7 nitrogen and oxygen atoms in total. The van der Waals surface area contributed by atoms with Crippen molar-refractivity contribution in [3.05, 3.63) is 66.2 Å². The number of sulfonamides is 1. The summed E-state index contributed by atoms with van der Waals surface area (Å²) in [6.07, 6.45) is 3.70. The molecule has 4 aromatic rings. The monoisotopic (exact) mass is 382 g/mol. The Morgan fingerprint density at radius 1 is 1.11 bits per heavy atom. The zero-order valence-electron chi connectivity index (χ0n) is 14.8. The van der Waals surface area contributed by atoms with Crippen molar-refractivity contribution in [1.82, 2.24) is 14.0 Å². The summed E-state index contributed by atoms with van der Waals surface area (Å²) in [5.41, 5.74) is 4.94. The van der Waals surface area contributed by atoms with Crippen LogP contribution in [0.1, 0.15) is 11.4 Å². The van der Waals surface area contributed by atoms with Crippen molar-refractivity contribution in [2.75, 3.05) is 0 Å². The van der Waals surface area contributed by atoms with E-state index in [0.717, 1.165) is 28.3 Å². The van der Waals surface area contributed by atoms with E-state index in [1.165, 1.54) is 12.1 Å². The number of imidazole rings is 1. The third kappa shape index (κ3) is 2.88. The SMILES string of the molecule is Cc1cc(-c2cn3cccc(O)c3n2)c(C)n1-c1ccc(S(N)(=O)=O)cc1. The molecule has 0 saturated carbocycles. The molecule has 0 aliphatic rings. The number of benzene rings is 1. The quantitative estimate of drug-likeness (QED) is 0.569. The third-order valence-corrected chi connectivity index (χ3v) is 5.52. The van der Waals surface area contributed by atoms with Crippen molar-refractivity contribution in [3.8, 4) is 22.7 Å². The molecule has 0 fully saturated rings. The standard InChI is InChI=1S/C19H18N4O3S/c1-12-10-16(17-11-22-9-3-4-18(24)19(22)21-17)13(2)23(12)14-5-7-15(8-6-14)27(20,25)26/h3-11,24H,1-2H3,(H2,20,25,26). The van der Waals surface area contributed by atoms with Crippen molar-refractivity contribution in [2.45, 2.75) is 18.7 Å². The normalized spacial score (nSPS) is 12.0. The largest absolute Gasteiger partial charge is 0.504 e. The van der Waals surface area contributed by atoms with Gasteiger partial charge in [-0.05, 0) is 56.3 Å². The molecule has 138 valence electrons. The highest BCUT2D eigenvalue weighted by Crippen LogP contribution is 2.30. The fraction of sp³-hybridized carbons (Fsp3) is 0.105. The lowest BCUT2D eigenvalue weighted by molar-refractivity contribution is 0.477. The zero-order chi connectivity index (χ0) is 19.3. The molecule has 0 aliphatic heterocycles. The molecule has 0 bridgehead atoms. The Balaban J connectivity index is 1.83. The van der Waals surface area contributed by atoms with Gasteiger partial charge in [-0.25, -0.2) is 18.5 Å². The average Bonchev–Trinajstić information content (AvgIpc) is 3.16. The van der Waals surface area contributed by atoms with Crippen LogP contribution in [0.25, 0.3) is 22.6 Å². The summed E-state index contributed by atoms with van der Waals surface area (Å²) in [6, 6.07) is 11.8. The second kappa shape index (κ2) is 5.97. The predicted molar refractivity (Wildman–Crippen MR) is 102 cm³/mol. The van der Waals surface area contributed by atoms with E-state index in [-0.39, 0.29) is 10.6 Å². The summed E-state index contributed by atoms with van der Waals surface area (Å²) in [7, 11) is -3.72. The van der Waals surface area contributed by atoms with Crippen LogP contribution in [0, 0.1) is 13.8 Å². The van der Waals surface area contributed by atoms with Gasteiger partial charge in [0.05, 0.1) is 10.6 Å². The van der Waals surface area contributed by atoms with Gasteiger partial charge in [0.2, 0.25) is 10.0 Å². The molecule has 0 radical (unpaired) electrons. The van der Waals surface area contributed by atoms with Crippen molar-refractivity contribution in [2.24, 2.45) is 5.14 Å². The lowest BCUT2D eigenvalue weighted by atomic mass is 10.2. The summed E-state index contributed by atoms with van der Waals surface area (Å²) in [6.45, 7) is 3.94. The van der Waals surface area contributed by atoms with Gasteiger partial charge in [-0.1, -0.05) is 0 Å². The Bertz CT molecular complexity index is 1270. The van der Waals surface area contributed by atoms with E-state index in [2.05, 4.69) is 4.98 Å². The van der Waals surface area contributed by atoms with Gasteiger partial charge in [0.15, 0.2) is 11.4 Å². The molecule has 0 amide bonds. The van der Waals surface area contributed by atoms with E-state index in [0.29, 0.717) is 5.65 Å². The van der Waals surface area contributed by atoms with E-state index in [1.54, 1.807) is 28.7 Å². The van der Waals surface area contributed by atoms with Crippen LogP contribution in [0.3, 0.4) is 0 Å². The maximum absolute atomic E-state index is 11.5. The first-order valence-electron chi connectivity index (χ1n) is 8.25. The fourth-order valence-electron chi connectivity index (χ4n) is 3.33. The second-order valence-corrected chi connectivity index (χ2v) is 7.97. The maximum Gasteiger partial charge on any atom is 0.238 e. The summed E-state index contributed by atoms with van der Waals surface area (Å²) in [5, 5.41) is 15.2. The minimum Gasteiger partial charge on any atom is -0.504 e. The van der Waals surface area contributed by atoms with Gasteiger partial charge in [0, 0.05) is 35.0 Å². The Morgan fingerprint density at radius 3 is 2.44 bits per heavy atom. The molecule has 8 heteroatoms. The number of fused-ring (bicyclic) bond motifs is 1. The van der Waals surface area contributed by atoms with Gasteiger partial charge in [-0.15, -0.1) is 0 Å². The van der Waals surface area contributed by atoms with Gasteiger partial charge in [0.1, 0.15) is 0 Å². The lowest BCUT2D eigenvalue weighted by Gasteiger charge is -2.10. The molecular formula is C19H18N4O3S. The number of aromatic nitrogens is 3. The van der Waals surface area contributed by atoms with Gasteiger partial charge in [-0.3, -0.25) is 0 Å². The number of hydrogen-bond donors (Lipinski definition) is 2. The van der Waals surface area contributed by atoms with Gasteiger partial charge < -0.3 is 14.1 Å². The number of rotatable bonds is 3. The molecule has 0 spiro atoms. The smallest absolute Gasteiger partial charge is 0.238 e. The van der Waals surface area contributed by atoms with E-state index in [1.807, 2.05) is 36.9 Å². The zero-order valence-corrected chi connectivity index (χ0v) is 15.6.